The second kappa shape index (κ2) is 5.41. The van der Waals surface area contributed by atoms with Crippen molar-refractivity contribution >= 4 is 22.7 Å². The molecule has 0 amide bonds. The minimum atomic E-state index is -0.735. The lowest BCUT2D eigenvalue weighted by Gasteiger charge is -2.31. The molecular formula is C16H15N3O2. The van der Waals surface area contributed by atoms with Crippen LogP contribution in [0.4, 0.5) is 5.82 Å². The van der Waals surface area contributed by atoms with Crippen LogP contribution in [-0.2, 0) is 4.79 Å². The topological polar surface area (TPSA) is 77.2 Å². The number of aliphatic carboxylic acids is 1. The third-order valence-corrected chi connectivity index (χ3v) is 3.97. The highest BCUT2D eigenvalue weighted by Crippen LogP contribution is 2.27. The third kappa shape index (κ3) is 2.52. The molecular weight excluding hydrogens is 266 g/mol. The number of piperidine rings is 1. The molecule has 0 radical (unpaired) electrons. The summed E-state index contributed by atoms with van der Waals surface area (Å²) in [7, 11) is 0. The minimum Gasteiger partial charge on any atom is -0.481 e. The molecule has 5 nitrogen and oxygen atoms in total. The van der Waals surface area contributed by atoms with Crippen molar-refractivity contribution in [2.45, 2.75) is 12.8 Å². The van der Waals surface area contributed by atoms with E-state index in [1.54, 1.807) is 0 Å². The first kappa shape index (κ1) is 13.4. The van der Waals surface area contributed by atoms with Crippen molar-refractivity contribution < 1.29 is 9.90 Å². The van der Waals surface area contributed by atoms with E-state index in [2.05, 4.69) is 11.1 Å². The van der Waals surface area contributed by atoms with Crippen LogP contribution in [0.3, 0.4) is 0 Å². The highest BCUT2D eigenvalue weighted by molar-refractivity contribution is 5.83. The highest BCUT2D eigenvalue weighted by Gasteiger charge is 2.26. The number of pyridine rings is 1. The number of carboxylic acids is 1. The van der Waals surface area contributed by atoms with Gasteiger partial charge in [0.2, 0.25) is 0 Å². The quantitative estimate of drug-likeness (QED) is 0.914. The lowest BCUT2D eigenvalue weighted by Crippen LogP contribution is -2.37. The molecule has 106 valence electrons. The molecule has 1 fully saturated rings. The zero-order chi connectivity index (χ0) is 14.8. The fraction of sp³-hybridized carbons (Fsp3) is 0.312. The molecule has 3 rings (SSSR count). The van der Waals surface area contributed by atoms with Crippen LogP contribution in [0, 0.1) is 17.2 Å². The van der Waals surface area contributed by atoms with E-state index in [9.17, 15) is 10.1 Å². The summed E-state index contributed by atoms with van der Waals surface area (Å²) in [6.45, 7) is 1.24. The first-order valence-electron chi connectivity index (χ1n) is 6.96. The molecule has 2 heterocycles. The van der Waals surface area contributed by atoms with Crippen LogP contribution in [0.1, 0.15) is 18.4 Å². The number of aromatic nitrogens is 1. The number of nitrogens with zero attached hydrogens (tertiary/aromatic N) is 3. The summed E-state index contributed by atoms with van der Waals surface area (Å²) in [5.41, 5.74) is 1.40. The summed E-state index contributed by atoms with van der Waals surface area (Å²) >= 11 is 0. The van der Waals surface area contributed by atoms with Gasteiger partial charge in [-0.15, -0.1) is 0 Å². The van der Waals surface area contributed by atoms with Crippen molar-refractivity contribution in [2.24, 2.45) is 5.92 Å². The van der Waals surface area contributed by atoms with Crippen molar-refractivity contribution in [3.63, 3.8) is 0 Å². The third-order valence-electron chi connectivity index (χ3n) is 3.97. The van der Waals surface area contributed by atoms with E-state index in [-0.39, 0.29) is 5.92 Å². The molecule has 1 aliphatic heterocycles. The largest absolute Gasteiger partial charge is 0.481 e. The molecule has 0 bridgehead atoms. The molecule has 21 heavy (non-hydrogen) atoms. The standard InChI is InChI=1S/C16H15N3O2/c17-10-13-9-12-3-1-2-4-14(12)18-15(13)19-7-5-11(6-8-19)16(20)21/h1-4,9,11H,5-8H2,(H,20,21). The van der Waals surface area contributed by atoms with E-state index >= 15 is 0 Å². The number of carbonyl (C=O) groups is 1. The average molecular weight is 281 g/mol. The number of anilines is 1. The number of rotatable bonds is 2. The molecule has 0 aliphatic carbocycles. The van der Waals surface area contributed by atoms with Gasteiger partial charge >= 0.3 is 5.97 Å². The molecule has 0 spiro atoms. The van der Waals surface area contributed by atoms with Gasteiger partial charge in [-0.05, 0) is 25.0 Å². The number of benzene rings is 1. The predicted octanol–water partition coefficient (Wildman–Crippen LogP) is 2.41. The van der Waals surface area contributed by atoms with Gasteiger partial charge in [0.25, 0.3) is 0 Å². The van der Waals surface area contributed by atoms with Crippen molar-refractivity contribution in [2.75, 3.05) is 18.0 Å². The molecule has 0 atom stereocenters. The van der Waals surface area contributed by atoms with Gasteiger partial charge in [-0.2, -0.15) is 5.26 Å². The molecule has 5 heteroatoms. The maximum Gasteiger partial charge on any atom is 0.306 e. The number of carboxylic acid groups (broad SMARTS) is 1. The molecule has 1 saturated heterocycles. The Morgan fingerprint density at radius 1 is 1.33 bits per heavy atom. The fourth-order valence-electron chi connectivity index (χ4n) is 2.77. The average Bonchev–Trinajstić information content (AvgIpc) is 2.53. The lowest BCUT2D eigenvalue weighted by molar-refractivity contribution is -0.142. The van der Waals surface area contributed by atoms with Crippen LogP contribution in [0.25, 0.3) is 10.9 Å². The second-order valence-corrected chi connectivity index (χ2v) is 5.26. The van der Waals surface area contributed by atoms with Gasteiger partial charge in [-0.3, -0.25) is 4.79 Å². The van der Waals surface area contributed by atoms with Crippen molar-refractivity contribution in [1.29, 1.82) is 5.26 Å². The van der Waals surface area contributed by atoms with Crippen molar-refractivity contribution in [1.82, 2.24) is 4.98 Å². The molecule has 1 aromatic carbocycles. The van der Waals surface area contributed by atoms with Crippen molar-refractivity contribution in [3.8, 4) is 6.07 Å². The molecule has 0 saturated carbocycles. The Morgan fingerprint density at radius 2 is 2.05 bits per heavy atom. The van der Waals surface area contributed by atoms with E-state index < -0.39 is 5.97 Å². The van der Waals surface area contributed by atoms with Crippen LogP contribution in [0.5, 0.6) is 0 Å². The van der Waals surface area contributed by atoms with Crippen LogP contribution < -0.4 is 4.90 Å². The number of fused-ring (bicyclic) bond motifs is 1. The van der Waals surface area contributed by atoms with Gasteiger partial charge < -0.3 is 10.0 Å². The van der Waals surface area contributed by atoms with Crippen LogP contribution >= 0.6 is 0 Å². The SMILES string of the molecule is N#Cc1cc2ccccc2nc1N1CCC(C(=O)O)CC1. The van der Waals surface area contributed by atoms with E-state index in [0.717, 1.165) is 10.9 Å². The number of para-hydroxylation sites is 1. The number of nitriles is 1. The fourth-order valence-corrected chi connectivity index (χ4v) is 2.77. The number of hydrogen-bond acceptors (Lipinski definition) is 4. The maximum atomic E-state index is 11.0. The Labute approximate surface area is 122 Å². The van der Waals surface area contributed by atoms with Crippen LogP contribution in [-0.4, -0.2) is 29.1 Å². The normalized spacial score (nSPS) is 15.9. The second-order valence-electron chi connectivity index (χ2n) is 5.26. The number of hydrogen-bond donors (Lipinski definition) is 1. The Hall–Kier alpha value is -2.61. The van der Waals surface area contributed by atoms with Gasteiger partial charge in [0, 0.05) is 18.5 Å². The van der Waals surface area contributed by atoms with Gasteiger partial charge in [-0.25, -0.2) is 4.98 Å². The summed E-state index contributed by atoms with van der Waals surface area (Å²) < 4.78 is 0. The maximum absolute atomic E-state index is 11.0. The molecule has 1 N–H and O–H groups in total. The van der Waals surface area contributed by atoms with E-state index in [1.165, 1.54) is 0 Å². The van der Waals surface area contributed by atoms with Crippen LogP contribution in [0.2, 0.25) is 0 Å². The Morgan fingerprint density at radius 3 is 2.71 bits per heavy atom. The molecule has 1 aromatic heterocycles. The summed E-state index contributed by atoms with van der Waals surface area (Å²) in [6.07, 6.45) is 1.18. The van der Waals surface area contributed by atoms with Crippen LogP contribution in [0.15, 0.2) is 30.3 Å². The van der Waals surface area contributed by atoms with Crippen molar-refractivity contribution in [3.05, 3.63) is 35.9 Å². The van der Waals surface area contributed by atoms with E-state index in [4.69, 9.17) is 5.11 Å². The zero-order valence-electron chi connectivity index (χ0n) is 11.5. The summed E-state index contributed by atoms with van der Waals surface area (Å²) in [5, 5.41) is 19.3. The smallest absolute Gasteiger partial charge is 0.306 e. The Balaban J connectivity index is 1.93. The first-order chi connectivity index (χ1) is 10.2. The van der Waals surface area contributed by atoms with E-state index in [0.29, 0.717) is 37.3 Å². The summed E-state index contributed by atoms with van der Waals surface area (Å²) in [6, 6.07) is 11.7. The van der Waals surface area contributed by atoms with E-state index in [1.807, 2.05) is 35.2 Å². The summed E-state index contributed by atoms with van der Waals surface area (Å²) in [5.74, 6) is -0.353. The van der Waals surface area contributed by atoms with Gasteiger partial charge in [0.05, 0.1) is 17.0 Å². The summed E-state index contributed by atoms with van der Waals surface area (Å²) in [4.78, 5) is 17.6. The van der Waals surface area contributed by atoms with Gasteiger partial charge in [-0.1, -0.05) is 18.2 Å². The molecule has 2 aromatic rings. The predicted molar refractivity (Wildman–Crippen MR) is 79.0 cm³/mol. The minimum absolute atomic E-state index is 0.285. The first-order valence-corrected chi connectivity index (χ1v) is 6.96. The van der Waals surface area contributed by atoms with Gasteiger partial charge in [0.1, 0.15) is 11.9 Å². The molecule has 1 aliphatic rings. The lowest BCUT2D eigenvalue weighted by atomic mass is 9.97. The molecule has 0 unspecified atom stereocenters. The highest BCUT2D eigenvalue weighted by atomic mass is 16.4. The zero-order valence-corrected chi connectivity index (χ0v) is 11.5. The monoisotopic (exact) mass is 281 g/mol. The van der Waals surface area contributed by atoms with Gasteiger partial charge in [0.15, 0.2) is 0 Å². The Bertz CT molecular complexity index is 728. The Kier molecular flexibility index (Phi) is 3.44.